The number of hydrogen-bond acceptors (Lipinski definition) is 10. The Labute approximate surface area is 220 Å². The van der Waals surface area contributed by atoms with Crippen LogP contribution in [0.1, 0.15) is 36.0 Å². The molecular formula is C26H24O10S2. The van der Waals surface area contributed by atoms with Crippen LogP contribution in [0.25, 0.3) is 0 Å². The van der Waals surface area contributed by atoms with Crippen molar-refractivity contribution in [2.75, 3.05) is 0 Å². The van der Waals surface area contributed by atoms with Gasteiger partial charge in [-0.05, 0) is 38.1 Å². The van der Waals surface area contributed by atoms with E-state index in [4.69, 9.17) is 22.6 Å². The van der Waals surface area contributed by atoms with E-state index in [9.17, 15) is 21.6 Å². The van der Waals surface area contributed by atoms with Crippen molar-refractivity contribution in [2.24, 2.45) is 0 Å². The van der Waals surface area contributed by atoms with E-state index in [-0.39, 0.29) is 33.5 Å². The highest BCUT2D eigenvalue weighted by atomic mass is 32.2. The van der Waals surface area contributed by atoms with Crippen LogP contribution in [0.4, 0.5) is 0 Å². The van der Waals surface area contributed by atoms with Crippen molar-refractivity contribution in [1.29, 1.82) is 0 Å². The van der Waals surface area contributed by atoms with Crippen molar-refractivity contribution in [1.82, 2.24) is 0 Å². The van der Waals surface area contributed by atoms with E-state index in [2.05, 4.69) is 0 Å². The third kappa shape index (κ3) is 5.19. The summed E-state index contributed by atoms with van der Waals surface area (Å²) in [6.45, 7) is 4.88. The van der Waals surface area contributed by atoms with Gasteiger partial charge in [-0.15, -0.1) is 0 Å². The molecule has 0 radical (unpaired) electrons. The van der Waals surface area contributed by atoms with E-state index < -0.39 is 44.7 Å². The zero-order valence-corrected chi connectivity index (χ0v) is 22.2. The van der Waals surface area contributed by atoms with Gasteiger partial charge in [-0.1, -0.05) is 35.4 Å². The molecule has 0 spiro atoms. The minimum absolute atomic E-state index is 0.0799. The molecule has 0 amide bonds. The average Bonchev–Trinajstić information content (AvgIpc) is 3.35. The fourth-order valence-corrected chi connectivity index (χ4v) is 6.13. The molecule has 1 unspecified atom stereocenters. The van der Waals surface area contributed by atoms with Crippen molar-refractivity contribution in [3.05, 3.63) is 77.4 Å². The maximum atomic E-state index is 13.1. The van der Waals surface area contributed by atoms with Crippen LogP contribution in [-0.4, -0.2) is 35.4 Å². The molecule has 0 N–H and O–H groups in total. The molecule has 5 rings (SSSR count). The molecule has 10 nitrogen and oxygen atoms in total. The summed E-state index contributed by atoms with van der Waals surface area (Å²) in [6, 6.07) is 14.6. The fourth-order valence-electron chi connectivity index (χ4n) is 4.28. The molecular weight excluding hydrogens is 536 g/mol. The predicted octanol–water partition coefficient (Wildman–Crippen LogP) is 3.95. The maximum Gasteiger partial charge on any atom is 0.339 e. The number of carbonyl (C=O) groups is 1. The first-order valence-corrected chi connectivity index (χ1v) is 14.4. The van der Waals surface area contributed by atoms with E-state index in [1.807, 2.05) is 13.8 Å². The molecule has 3 aromatic rings. The van der Waals surface area contributed by atoms with Crippen LogP contribution < -0.4 is 13.1 Å². The maximum absolute atomic E-state index is 13.1. The Morgan fingerprint density at radius 2 is 1.39 bits per heavy atom. The number of benzene rings is 3. The van der Waals surface area contributed by atoms with Gasteiger partial charge in [0, 0.05) is 31.0 Å². The van der Waals surface area contributed by atoms with Crippen LogP contribution in [0.15, 0.2) is 70.5 Å². The molecule has 1 saturated heterocycles. The number of carbonyl (C=O) groups excluding carboxylic acids is 1. The Morgan fingerprint density at radius 1 is 0.842 bits per heavy atom. The third-order valence-electron chi connectivity index (χ3n) is 6.07. The van der Waals surface area contributed by atoms with Gasteiger partial charge >= 0.3 is 26.2 Å². The summed E-state index contributed by atoms with van der Waals surface area (Å²) in [5.41, 5.74) is 2.06. The summed E-state index contributed by atoms with van der Waals surface area (Å²) < 4.78 is 79.6. The van der Waals surface area contributed by atoms with Crippen LogP contribution in [-0.2, 0) is 34.5 Å². The molecule has 2 heterocycles. The summed E-state index contributed by atoms with van der Waals surface area (Å²) in [5, 5.41) is 0. The normalized spacial score (nSPS) is 20.2. The van der Waals surface area contributed by atoms with Crippen molar-refractivity contribution in [3.63, 3.8) is 0 Å². The number of ether oxygens (including phenoxy) is 3. The number of rotatable bonds is 7. The van der Waals surface area contributed by atoms with Gasteiger partial charge in [-0.25, -0.2) is 0 Å². The lowest BCUT2D eigenvalue weighted by Gasteiger charge is -2.16. The number of hydrogen-bond donors (Lipinski definition) is 0. The Balaban J connectivity index is 1.53. The molecule has 200 valence electrons. The van der Waals surface area contributed by atoms with Gasteiger partial charge in [0.25, 0.3) is 0 Å². The Morgan fingerprint density at radius 3 is 1.95 bits per heavy atom. The van der Waals surface area contributed by atoms with Gasteiger partial charge in [0.2, 0.25) is 12.6 Å². The van der Waals surface area contributed by atoms with Crippen LogP contribution in [0.2, 0.25) is 0 Å². The molecule has 0 bridgehead atoms. The molecule has 12 heteroatoms. The lowest BCUT2D eigenvalue weighted by molar-refractivity contribution is -0.188. The minimum atomic E-state index is -4.32. The highest BCUT2D eigenvalue weighted by molar-refractivity contribution is 7.87. The van der Waals surface area contributed by atoms with Crippen LogP contribution in [0.5, 0.6) is 17.2 Å². The summed E-state index contributed by atoms with van der Waals surface area (Å²) >= 11 is 0. The fraction of sp³-hybridized carbons (Fsp3) is 0.269. The van der Waals surface area contributed by atoms with Crippen LogP contribution in [0.3, 0.4) is 0 Å². The molecule has 38 heavy (non-hydrogen) atoms. The second-order valence-corrected chi connectivity index (χ2v) is 12.1. The average molecular weight is 561 g/mol. The smallest absolute Gasteiger partial charge is 0.339 e. The zero-order valence-electron chi connectivity index (χ0n) is 20.6. The van der Waals surface area contributed by atoms with Gasteiger partial charge in [0.15, 0.2) is 5.75 Å². The monoisotopic (exact) mass is 560 g/mol. The summed E-state index contributed by atoms with van der Waals surface area (Å²) in [4.78, 5) is 11.2. The lowest BCUT2D eigenvalue weighted by Crippen LogP contribution is -2.19. The number of esters is 1. The van der Waals surface area contributed by atoms with Crippen molar-refractivity contribution >= 4 is 26.2 Å². The van der Waals surface area contributed by atoms with E-state index in [1.54, 1.807) is 24.3 Å². The Kier molecular flexibility index (Phi) is 6.58. The molecule has 0 aromatic heterocycles. The van der Waals surface area contributed by atoms with Gasteiger partial charge in [-0.2, -0.15) is 16.8 Å². The first-order chi connectivity index (χ1) is 17.9. The van der Waals surface area contributed by atoms with E-state index >= 15 is 0 Å². The second-order valence-electron chi connectivity index (χ2n) is 9.04. The van der Waals surface area contributed by atoms with Crippen molar-refractivity contribution < 1.29 is 44.2 Å². The molecule has 3 aromatic carbocycles. The SMILES string of the molecule is CC(=O)OC1C[C@H]2c3c(cc(OS(=O)(=O)c4ccc(C)cc4)cc3OS(=O)(=O)c3ccc(C)cc3)O[C@H]2O1. The van der Waals surface area contributed by atoms with E-state index in [0.29, 0.717) is 5.56 Å². The van der Waals surface area contributed by atoms with E-state index in [0.717, 1.165) is 11.1 Å². The lowest BCUT2D eigenvalue weighted by atomic mass is 9.97. The number of fused-ring (bicyclic) bond motifs is 3. The first-order valence-electron chi connectivity index (χ1n) is 11.6. The first kappa shape index (κ1) is 26.0. The second kappa shape index (κ2) is 9.61. The summed E-state index contributed by atoms with van der Waals surface area (Å²) in [7, 11) is -8.57. The largest absolute Gasteiger partial charge is 0.464 e. The molecule has 2 aliphatic rings. The quantitative estimate of drug-likeness (QED) is 0.309. The predicted molar refractivity (Wildman–Crippen MR) is 133 cm³/mol. The van der Waals surface area contributed by atoms with Crippen LogP contribution in [0, 0.1) is 13.8 Å². The van der Waals surface area contributed by atoms with Gasteiger partial charge in [-0.3, -0.25) is 4.79 Å². The third-order valence-corrected chi connectivity index (χ3v) is 8.58. The molecule has 0 aliphatic carbocycles. The van der Waals surface area contributed by atoms with Crippen molar-refractivity contribution in [3.8, 4) is 17.2 Å². The van der Waals surface area contributed by atoms with Crippen LogP contribution >= 0.6 is 0 Å². The van der Waals surface area contributed by atoms with Crippen molar-refractivity contribution in [2.45, 2.75) is 55.5 Å². The summed E-state index contributed by atoms with van der Waals surface area (Å²) in [6.07, 6.45) is -1.61. The van der Waals surface area contributed by atoms with Gasteiger partial charge in [0.05, 0.1) is 5.92 Å². The Hall–Kier alpha value is -3.61. The van der Waals surface area contributed by atoms with Gasteiger partial charge < -0.3 is 22.6 Å². The molecule has 3 atom stereocenters. The molecule has 1 fully saturated rings. The zero-order chi connectivity index (χ0) is 27.2. The number of aryl methyl sites for hydroxylation is 2. The summed E-state index contributed by atoms with van der Waals surface area (Å²) in [5.74, 6) is -1.35. The highest BCUT2D eigenvalue weighted by Gasteiger charge is 2.48. The Bertz CT molecular complexity index is 1590. The molecule has 0 saturated carbocycles. The minimum Gasteiger partial charge on any atom is -0.464 e. The van der Waals surface area contributed by atoms with E-state index in [1.165, 1.54) is 43.3 Å². The highest BCUT2D eigenvalue weighted by Crippen LogP contribution is 2.52. The van der Waals surface area contributed by atoms with Gasteiger partial charge in [0.1, 0.15) is 21.3 Å². The topological polar surface area (TPSA) is 132 Å². The molecule has 2 aliphatic heterocycles. The standard InChI is InChI=1S/C26H24O10S2/c1-15-4-8-19(9-5-15)37(28,29)35-18-12-22-25(21-14-24(32-17(3)27)34-26(21)33-22)23(13-18)36-38(30,31)20-10-6-16(2)7-11-20/h4-13,21,24,26H,14H2,1-3H3/t21-,24?,26-/m0/s1.